The van der Waals surface area contributed by atoms with E-state index in [4.69, 9.17) is 0 Å². The van der Waals surface area contributed by atoms with Crippen LogP contribution in [0.4, 0.5) is 0 Å². The third kappa shape index (κ3) is 4.44. The van der Waals surface area contributed by atoms with Crippen molar-refractivity contribution in [3.8, 4) is 0 Å². The van der Waals surface area contributed by atoms with Gasteiger partial charge in [0.2, 0.25) is 0 Å². The molecule has 0 aliphatic carbocycles. The monoisotopic (exact) mass is 209 g/mol. The minimum atomic E-state index is -0.769. The molecule has 0 unspecified atom stereocenters. The molecule has 0 atom stereocenters. The largest absolute Gasteiger partial charge is 0.309 e. The Kier molecular flexibility index (Phi) is 4.09. The summed E-state index contributed by atoms with van der Waals surface area (Å²) in [5.41, 5.74) is 2.03. The van der Waals surface area contributed by atoms with Crippen LogP contribution in [0.25, 0.3) is 0 Å². The summed E-state index contributed by atoms with van der Waals surface area (Å²) in [6, 6.07) is 7.70. The fourth-order valence-corrected chi connectivity index (χ4v) is 1.45. The lowest BCUT2D eigenvalue weighted by atomic mass is 10.0. The lowest BCUT2D eigenvalue weighted by Crippen LogP contribution is -2.01. The Hall–Kier alpha value is -1.58. The molecule has 0 heterocycles. The highest BCUT2D eigenvalue weighted by Gasteiger charge is 2.01. The predicted molar refractivity (Wildman–Crippen MR) is 56.8 cm³/mol. The summed E-state index contributed by atoms with van der Waals surface area (Å²) in [5.74, 6) is 0.580. The molecule has 0 fully saturated rings. The van der Waals surface area contributed by atoms with Crippen LogP contribution in [-0.4, -0.2) is 5.09 Å². The Morgan fingerprint density at radius 2 is 2.07 bits per heavy atom. The molecule has 0 saturated heterocycles. The van der Waals surface area contributed by atoms with Gasteiger partial charge in [0.1, 0.15) is 6.61 Å². The first-order chi connectivity index (χ1) is 7.08. The fourth-order valence-electron chi connectivity index (χ4n) is 1.45. The summed E-state index contributed by atoms with van der Waals surface area (Å²) < 4.78 is 0. The average molecular weight is 209 g/mol. The first kappa shape index (κ1) is 11.5. The molecule has 0 aliphatic heterocycles. The Balaban J connectivity index is 2.61. The van der Waals surface area contributed by atoms with Crippen molar-refractivity contribution < 1.29 is 9.92 Å². The molecular weight excluding hydrogens is 194 g/mol. The van der Waals surface area contributed by atoms with E-state index in [0.29, 0.717) is 5.92 Å². The maximum absolute atomic E-state index is 10.0. The van der Waals surface area contributed by atoms with Crippen LogP contribution in [0.15, 0.2) is 24.3 Å². The second-order valence-electron chi connectivity index (χ2n) is 3.91. The number of nitrogens with zero attached hydrogens (tertiary/aromatic N) is 1. The van der Waals surface area contributed by atoms with Gasteiger partial charge in [0.25, 0.3) is 5.09 Å². The summed E-state index contributed by atoms with van der Waals surface area (Å²) in [7, 11) is 0. The SMILES string of the molecule is CC(C)Cc1cccc(CO[N+](=O)[O-])c1. The Morgan fingerprint density at radius 1 is 1.40 bits per heavy atom. The van der Waals surface area contributed by atoms with Gasteiger partial charge in [-0.15, -0.1) is 10.1 Å². The van der Waals surface area contributed by atoms with Crippen LogP contribution < -0.4 is 0 Å². The summed E-state index contributed by atoms with van der Waals surface area (Å²) in [6.45, 7) is 4.30. The first-order valence-electron chi connectivity index (χ1n) is 4.93. The zero-order valence-corrected chi connectivity index (χ0v) is 8.97. The van der Waals surface area contributed by atoms with Crippen LogP contribution in [0.3, 0.4) is 0 Å². The van der Waals surface area contributed by atoms with E-state index in [9.17, 15) is 10.1 Å². The molecule has 4 heteroatoms. The van der Waals surface area contributed by atoms with E-state index < -0.39 is 5.09 Å². The lowest BCUT2D eigenvalue weighted by molar-refractivity contribution is -0.763. The van der Waals surface area contributed by atoms with E-state index in [1.165, 1.54) is 5.56 Å². The molecular formula is C11H15NO3. The molecule has 0 saturated carbocycles. The molecule has 0 aliphatic rings. The predicted octanol–water partition coefficient (Wildman–Crippen LogP) is 2.59. The normalized spacial score (nSPS) is 10.3. The molecule has 0 spiro atoms. The molecule has 4 nitrogen and oxygen atoms in total. The Labute approximate surface area is 89.0 Å². The molecule has 1 rings (SSSR count). The highest BCUT2D eigenvalue weighted by atomic mass is 16.9. The minimum absolute atomic E-state index is 0.0267. The standard InChI is InChI=1S/C11H15NO3/c1-9(2)6-10-4-3-5-11(7-10)8-15-12(13)14/h3-5,7,9H,6,8H2,1-2H3. The molecule has 0 bridgehead atoms. The van der Waals surface area contributed by atoms with Gasteiger partial charge in [-0.25, -0.2) is 0 Å². The van der Waals surface area contributed by atoms with E-state index in [0.717, 1.165) is 12.0 Å². The number of hydrogen-bond donors (Lipinski definition) is 0. The summed E-state index contributed by atoms with van der Waals surface area (Å²) in [4.78, 5) is 14.3. The molecule has 1 aromatic carbocycles. The molecule has 0 amide bonds. The van der Waals surface area contributed by atoms with Crippen LogP contribution >= 0.6 is 0 Å². The van der Waals surface area contributed by atoms with Crippen molar-refractivity contribution in [2.75, 3.05) is 0 Å². The molecule has 82 valence electrons. The van der Waals surface area contributed by atoms with Crippen molar-refractivity contribution >= 4 is 0 Å². The van der Waals surface area contributed by atoms with Crippen LogP contribution in [0, 0.1) is 16.0 Å². The number of benzene rings is 1. The molecule has 15 heavy (non-hydrogen) atoms. The molecule has 0 aromatic heterocycles. The third-order valence-electron chi connectivity index (χ3n) is 1.97. The number of rotatable bonds is 5. The lowest BCUT2D eigenvalue weighted by Gasteiger charge is -2.06. The van der Waals surface area contributed by atoms with E-state index in [1.54, 1.807) is 0 Å². The van der Waals surface area contributed by atoms with Crippen molar-refractivity contribution in [3.05, 3.63) is 45.5 Å². The second kappa shape index (κ2) is 5.34. The molecule has 0 radical (unpaired) electrons. The van der Waals surface area contributed by atoms with Gasteiger partial charge < -0.3 is 4.84 Å². The van der Waals surface area contributed by atoms with Gasteiger partial charge in [-0.05, 0) is 23.5 Å². The highest BCUT2D eigenvalue weighted by Crippen LogP contribution is 2.11. The van der Waals surface area contributed by atoms with Crippen LogP contribution in [-0.2, 0) is 17.9 Å². The van der Waals surface area contributed by atoms with Gasteiger partial charge in [0, 0.05) is 0 Å². The van der Waals surface area contributed by atoms with E-state index in [-0.39, 0.29) is 6.61 Å². The van der Waals surface area contributed by atoms with Crippen molar-refractivity contribution in [2.45, 2.75) is 26.9 Å². The number of hydrogen-bond acceptors (Lipinski definition) is 3. The van der Waals surface area contributed by atoms with Gasteiger partial charge in [-0.1, -0.05) is 38.1 Å². The van der Waals surface area contributed by atoms with Crippen molar-refractivity contribution in [2.24, 2.45) is 5.92 Å². The van der Waals surface area contributed by atoms with Crippen LogP contribution in [0.5, 0.6) is 0 Å². The Bertz CT molecular complexity index is 336. The van der Waals surface area contributed by atoms with Gasteiger partial charge in [-0.3, -0.25) is 0 Å². The van der Waals surface area contributed by atoms with Gasteiger partial charge in [-0.2, -0.15) is 0 Å². The van der Waals surface area contributed by atoms with Gasteiger partial charge >= 0.3 is 0 Å². The molecule has 0 N–H and O–H groups in total. The smallest absolute Gasteiger partial charge is 0.294 e. The summed E-state index contributed by atoms with van der Waals surface area (Å²) in [5, 5.41) is 9.25. The van der Waals surface area contributed by atoms with E-state index >= 15 is 0 Å². The van der Waals surface area contributed by atoms with Crippen molar-refractivity contribution in [1.82, 2.24) is 0 Å². The highest BCUT2D eigenvalue weighted by molar-refractivity contribution is 5.23. The quantitative estimate of drug-likeness (QED) is 0.553. The average Bonchev–Trinajstić information content (AvgIpc) is 2.14. The second-order valence-corrected chi connectivity index (χ2v) is 3.91. The summed E-state index contributed by atoms with van der Waals surface area (Å²) in [6.07, 6.45) is 0.978. The zero-order valence-electron chi connectivity index (χ0n) is 8.97. The fraction of sp³-hybridized carbons (Fsp3) is 0.455. The van der Waals surface area contributed by atoms with Gasteiger partial charge in [0.05, 0.1) is 0 Å². The van der Waals surface area contributed by atoms with Gasteiger partial charge in [0.15, 0.2) is 0 Å². The minimum Gasteiger partial charge on any atom is -0.309 e. The Morgan fingerprint density at radius 3 is 2.67 bits per heavy atom. The van der Waals surface area contributed by atoms with E-state index in [2.05, 4.69) is 18.7 Å². The topological polar surface area (TPSA) is 52.4 Å². The maximum Gasteiger partial charge on any atom is 0.294 e. The van der Waals surface area contributed by atoms with Crippen LogP contribution in [0.1, 0.15) is 25.0 Å². The summed E-state index contributed by atoms with van der Waals surface area (Å²) >= 11 is 0. The zero-order chi connectivity index (χ0) is 11.3. The van der Waals surface area contributed by atoms with Crippen molar-refractivity contribution in [1.29, 1.82) is 0 Å². The maximum atomic E-state index is 10.0. The molecule has 1 aromatic rings. The van der Waals surface area contributed by atoms with Crippen LogP contribution in [0.2, 0.25) is 0 Å². The van der Waals surface area contributed by atoms with E-state index in [1.807, 2.05) is 24.3 Å². The first-order valence-corrected chi connectivity index (χ1v) is 4.93. The van der Waals surface area contributed by atoms with Crippen molar-refractivity contribution in [3.63, 3.8) is 0 Å². The third-order valence-corrected chi connectivity index (χ3v) is 1.97.